The molecule has 0 saturated heterocycles. The van der Waals surface area contributed by atoms with Crippen molar-refractivity contribution in [1.29, 1.82) is 0 Å². The summed E-state index contributed by atoms with van der Waals surface area (Å²) in [7, 11) is 0. The summed E-state index contributed by atoms with van der Waals surface area (Å²) in [4.78, 5) is 34.6. The van der Waals surface area contributed by atoms with E-state index in [2.05, 4.69) is 5.32 Å². The van der Waals surface area contributed by atoms with Gasteiger partial charge >= 0.3 is 18.0 Å². The molecular formula is C16H21NO6. The number of amides is 1. The minimum Gasteiger partial charge on any atom is -0.481 e. The van der Waals surface area contributed by atoms with Gasteiger partial charge in [-0.05, 0) is 11.0 Å². The van der Waals surface area contributed by atoms with E-state index in [0.717, 1.165) is 5.56 Å². The maximum absolute atomic E-state index is 11.8. The quantitative estimate of drug-likeness (QED) is 0.739. The predicted octanol–water partition coefficient (Wildman–Crippen LogP) is 2.11. The second-order valence-electron chi connectivity index (χ2n) is 6.20. The molecule has 2 unspecified atom stereocenters. The molecule has 23 heavy (non-hydrogen) atoms. The normalized spacial score (nSPS) is 13.7. The highest BCUT2D eigenvalue weighted by Gasteiger charge is 2.43. The fraction of sp³-hybridized carbons (Fsp3) is 0.438. The van der Waals surface area contributed by atoms with E-state index in [-0.39, 0.29) is 6.61 Å². The first-order chi connectivity index (χ1) is 10.6. The number of hydrogen-bond donors (Lipinski definition) is 3. The van der Waals surface area contributed by atoms with Gasteiger partial charge in [0.25, 0.3) is 0 Å². The number of carbonyl (C=O) groups excluding carboxylic acids is 1. The Hall–Kier alpha value is -2.57. The van der Waals surface area contributed by atoms with Crippen molar-refractivity contribution >= 4 is 18.0 Å². The number of ether oxygens (including phenoxy) is 1. The van der Waals surface area contributed by atoms with E-state index in [1.807, 2.05) is 6.07 Å². The smallest absolute Gasteiger partial charge is 0.408 e. The van der Waals surface area contributed by atoms with Crippen LogP contribution in [0, 0.1) is 11.3 Å². The van der Waals surface area contributed by atoms with E-state index in [0.29, 0.717) is 0 Å². The Morgan fingerprint density at radius 3 is 2.09 bits per heavy atom. The zero-order valence-electron chi connectivity index (χ0n) is 13.3. The van der Waals surface area contributed by atoms with Crippen LogP contribution in [0.2, 0.25) is 0 Å². The lowest BCUT2D eigenvalue weighted by Crippen LogP contribution is -2.52. The van der Waals surface area contributed by atoms with Crippen LogP contribution in [0.3, 0.4) is 0 Å². The summed E-state index contributed by atoms with van der Waals surface area (Å²) in [6, 6.07) is 7.27. The van der Waals surface area contributed by atoms with Crippen LogP contribution in [0.4, 0.5) is 4.79 Å². The van der Waals surface area contributed by atoms with Crippen molar-refractivity contribution in [3.8, 4) is 0 Å². The maximum atomic E-state index is 11.8. The molecule has 0 heterocycles. The number of rotatable bonds is 6. The maximum Gasteiger partial charge on any atom is 0.408 e. The van der Waals surface area contributed by atoms with Crippen LogP contribution in [0.25, 0.3) is 0 Å². The zero-order chi connectivity index (χ0) is 17.6. The molecule has 0 spiro atoms. The summed E-state index contributed by atoms with van der Waals surface area (Å²) in [5.74, 6) is -4.03. The Morgan fingerprint density at radius 1 is 1.09 bits per heavy atom. The summed E-state index contributed by atoms with van der Waals surface area (Å²) < 4.78 is 4.94. The number of benzene rings is 1. The Bertz CT molecular complexity index is 564. The molecule has 2 atom stereocenters. The van der Waals surface area contributed by atoms with Crippen molar-refractivity contribution in [2.45, 2.75) is 33.4 Å². The van der Waals surface area contributed by atoms with E-state index in [1.54, 1.807) is 45.0 Å². The second kappa shape index (κ2) is 7.62. The van der Waals surface area contributed by atoms with Gasteiger partial charge in [-0.3, -0.25) is 4.79 Å². The predicted molar refractivity (Wildman–Crippen MR) is 81.8 cm³/mol. The Labute approximate surface area is 134 Å². The van der Waals surface area contributed by atoms with Crippen molar-refractivity contribution in [2.75, 3.05) is 0 Å². The van der Waals surface area contributed by atoms with Crippen LogP contribution < -0.4 is 5.32 Å². The molecule has 1 aromatic rings. The first kappa shape index (κ1) is 18.5. The van der Waals surface area contributed by atoms with Crippen molar-refractivity contribution in [3.05, 3.63) is 35.9 Å². The highest BCUT2D eigenvalue weighted by atomic mass is 16.5. The van der Waals surface area contributed by atoms with Gasteiger partial charge in [0.2, 0.25) is 0 Å². The number of carboxylic acid groups (broad SMARTS) is 2. The van der Waals surface area contributed by atoms with Crippen LogP contribution in [-0.2, 0) is 20.9 Å². The molecule has 7 heteroatoms. The van der Waals surface area contributed by atoms with Crippen LogP contribution >= 0.6 is 0 Å². The van der Waals surface area contributed by atoms with Crippen LogP contribution in [0.1, 0.15) is 26.3 Å². The third-order valence-corrected chi connectivity index (χ3v) is 3.28. The van der Waals surface area contributed by atoms with Gasteiger partial charge in [-0.1, -0.05) is 51.1 Å². The minimum atomic E-state index is -1.59. The lowest BCUT2D eigenvalue weighted by Gasteiger charge is -2.31. The molecular weight excluding hydrogens is 302 g/mol. The lowest BCUT2D eigenvalue weighted by molar-refractivity contribution is -0.155. The number of alkyl carbamates (subject to hydrolysis) is 1. The van der Waals surface area contributed by atoms with Crippen LogP contribution in [0.5, 0.6) is 0 Å². The second-order valence-corrected chi connectivity index (χ2v) is 6.20. The Kier molecular flexibility index (Phi) is 6.12. The van der Waals surface area contributed by atoms with Crippen molar-refractivity contribution in [1.82, 2.24) is 5.32 Å². The molecule has 1 rings (SSSR count). The van der Waals surface area contributed by atoms with Crippen LogP contribution in [0.15, 0.2) is 30.3 Å². The Balaban J connectivity index is 2.77. The molecule has 0 fully saturated rings. The lowest BCUT2D eigenvalue weighted by atomic mass is 9.76. The van der Waals surface area contributed by atoms with Crippen LogP contribution in [-0.4, -0.2) is 34.3 Å². The highest BCUT2D eigenvalue weighted by molar-refractivity contribution is 5.86. The summed E-state index contributed by atoms with van der Waals surface area (Å²) in [5.41, 5.74) is -0.123. The van der Waals surface area contributed by atoms with Gasteiger partial charge in [0.1, 0.15) is 12.6 Å². The molecule has 0 aromatic heterocycles. The third kappa shape index (κ3) is 5.61. The topological polar surface area (TPSA) is 113 Å². The van der Waals surface area contributed by atoms with E-state index >= 15 is 0 Å². The number of carbonyl (C=O) groups is 3. The van der Waals surface area contributed by atoms with Crippen molar-refractivity contribution in [3.63, 3.8) is 0 Å². The SMILES string of the molecule is CC(C)(C)C(C(=O)O)C(NC(=O)OCc1ccccc1)C(=O)O. The third-order valence-electron chi connectivity index (χ3n) is 3.28. The molecule has 126 valence electrons. The average molecular weight is 323 g/mol. The van der Waals surface area contributed by atoms with Gasteiger partial charge in [0.15, 0.2) is 0 Å². The summed E-state index contributed by atoms with van der Waals surface area (Å²) in [5, 5.41) is 20.7. The van der Waals surface area contributed by atoms with E-state index in [1.165, 1.54) is 0 Å². The summed E-state index contributed by atoms with van der Waals surface area (Å²) >= 11 is 0. The fourth-order valence-corrected chi connectivity index (χ4v) is 2.19. The van der Waals surface area contributed by atoms with Gasteiger partial charge in [-0.15, -0.1) is 0 Å². The van der Waals surface area contributed by atoms with Gasteiger partial charge in [-0.2, -0.15) is 0 Å². The fourth-order valence-electron chi connectivity index (χ4n) is 2.19. The molecule has 3 N–H and O–H groups in total. The average Bonchev–Trinajstić information content (AvgIpc) is 2.43. The number of carboxylic acids is 2. The standard InChI is InChI=1S/C16H21NO6/c1-16(2,3)11(13(18)19)12(14(20)21)17-15(22)23-9-10-7-5-4-6-8-10/h4-8,11-12H,9H2,1-3H3,(H,17,22)(H,18,19)(H,20,21). The summed E-state index contributed by atoms with van der Waals surface area (Å²) in [6.45, 7) is 4.75. The van der Waals surface area contributed by atoms with E-state index in [4.69, 9.17) is 4.74 Å². The van der Waals surface area contributed by atoms with E-state index < -0.39 is 35.4 Å². The molecule has 1 aromatic carbocycles. The molecule has 0 aliphatic heterocycles. The van der Waals surface area contributed by atoms with Gasteiger partial charge in [-0.25, -0.2) is 9.59 Å². The minimum absolute atomic E-state index is 0.0354. The summed E-state index contributed by atoms with van der Waals surface area (Å²) in [6.07, 6.45) is -0.975. The highest BCUT2D eigenvalue weighted by Crippen LogP contribution is 2.29. The molecule has 7 nitrogen and oxygen atoms in total. The molecule has 0 radical (unpaired) electrons. The Morgan fingerprint density at radius 2 is 1.65 bits per heavy atom. The first-order valence-electron chi connectivity index (χ1n) is 7.05. The molecule has 1 amide bonds. The molecule has 0 aliphatic rings. The van der Waals surface area contributed by atoms with E-state index in [9.17, 15) is 24.6 Å². The van der Waals surface area contributed by atoms with Crippen molar-refractivity contribution in [2.24, 2.45) is 11.3 Å². The van der Waals surface area contributed by atoms with Gasteiger partial charge in [0.05, 0.1) is 5.92 Å². The first-order valence-corrected chi connectivity index (χ1v) is 7.05. The zero-order valence-corrected chi connectivity index (χ0v) is 13.3. The molecule has 0 aliphatic carbocycles. The monoisotopic (exact) mass is 323 g/mol. The molecule has 0 bridgehead atoms. The van der Waals surface area contributed by atoms with Gasteiger partial charge < -0.3 is 20.3 Å². The molecule has 0 saturated carbocycles. The van der Waals surface area contributed by atoms with Crippen molar-refractivity contribution < 1.29 is 29.3 Å². The number of hydrogen-bond acceptors (Lipinski definition) is 4. The number of nitrogens with one attached hydrogen (secondary N) is 1. The largest absolute Gasteiger partial charge is 0.481 e. The van der Waals surface area contributed by atoms with Gasteiger partial charge in [0, 0.05) is 0 Å². The number of aliphatic carboxylic acids is 2.